The summed E-state index contributed by atoms with van der Waals surface area (Å²) in [7, 11) is 1.52. The van der Waals surface area contributed by atoms with Crippen LogP contribution >= 0.6 is 0 Å². The Bertz CT molecular complexity index is 923. The number of ether oxygens (including phenoxy) is 2. The molecule has 2 amide bonds. The molecule has 1 atom stereocenters. The van der Waals surface area contributed by atoms with Gasteiger partial charge in [0.2, 0.25) is 11.8 Å². The normalized spacial score (nSPS) is 16.1. The summed E-state index contributed by atoms with van der Waals surface area (Å²) in [6.07, 6.45) is -0.0637. The van der Waals surface area contributed by atoms with E-state index in [0.29, 0.717) is 11.5 Å². The first kappa shape index (κ1) is 20.5. The third-order valence-electron chi connectivity index (χ3n) is 4.57. The largest absolute Gasteiger partial charge is 0.493 e. The maximum Gasteiger partial charge on any atom is 0.229 e. The molecule has 6 nitrogen and oxygen atoms in total. The first-order valence-corrected chi connectivity index (χ1v) is 8.88. The third-order valence-corrected chi connectivity index (χ3v) is 4.57. The van der Waals surface area contributed by atoms with E-state index < -0.39 is 35.0 Å². The number of anilines is 1. The number of amides is 2. The Balaban J connectivity index is 1.54. The summed E-state index contributed by atoms with van der Waals surface area (Å²) in [4.78, 5) is 25.9. The molecule has 1 aliphatic rings. The van der Waals surface area contributed by atoms with Crippen LogP contribution in [0.1, 0.15) is 6.42 Å². The summed E-state index contributed by atoms with van der Waals surface area (Å²) >= 11 is 0. The van der Waals surface area contributed by atoms with Crippen LogP contribution in [0.2, 0.25) is 0 Å². The lowest BCUT2D eigenvalue weighted by Crippen LogP contribution is -2.31. The number of hydrogen-bond donors (Lipinski definition) is 1. The lowest BCUT2D eigenvalue weighted by Gasteiger charge is -2.18. The second-order valence-corrected chi connectivity index (χ2v) is 6.45. The number of likely N-dealkylation sites (tertiary alicyclic amines) is 1. The van der Waals surface area contributed by atoms with E-state index in [4.69, 9.17) is 9.47 Å². The monoisotopic (exact) mass is 408 g/mol. The van der Waals surface area contributed by atoms with E-state index in [1.807, 2.05) is 0 Å². The van der Waals surface area contributed by atoms with E-state index >= 15 is 0 Å². The molecule has 1 fully saturated rings. The van der Waals surface area contributed by atoms with Gasteiger partial charge in [0.25, 0.3) is 0 Å². The van der Waals surface area contributed by atoms with Gasteiger partial charge in [0.15, 0.2) is 29.0 Å². The van der Waals surface area contributed by atoms with Gasteiger partial charge < -0.3 is 19.7 Å². The number of halogens is 3. The molecule has 0 radical (unpaired) electrons. The van der Waals surface area contributed by atoms with Crippen LogP contribution in [0.4, 0.5) is 18.9 Å². The zero-order valence-electron chi connectivity index (χ0n) is 15.6. The fourth-order valence-electron chi connectivity index (χ4n) is 3.02. The fourth-order valence-corrected chi connectivity index (χ4v) is 3.02. The number of benzene rings is 2. The summed E-state index contributed by atoms with van der Waals surface area (Å²) in [6, 6.07) is 8.72. The number of para-hydroxylation sites is 2. The number of rotatable bonds is 7. The molecule has 29 heavy (non-hydrogen) atoms. The minimum atomic E-state index is -1.67. The van der Waals surface area contributed by atoms with Crippen molar-refractivity contribution in [2.75, 3.05) is 32.1 Å². The first-order valence-electron chi connectivity index (χ1n) is 8.88. The maximum atomic E-state index is 13.7. The Morgan fingerprint density at radius 2 is 1.86 bits per heavy atom. The van der Waals surface area contributed by atoms with E-state index in [9.17, 15) is 22.8 Å². The summed E-state index contributed by atoms with van der Waals surface area (Å²) in [5, 5.41) is 2.21. The van der Waals surface area contributed by atoms with Crippen LogP contribution in [0, 0.1) is 23.4 Å². The molecule has 0 saturated carbocycles. The van der Waals surface area contributed by atoms with Gasteiger partial charge in [-0.1, -0.05) is 12.1 Å². The zero-order valence-corrected chi connectivity index (χ0v) is 15.6. The lowest BCUT2D eigenvalue weighted by molar-refractivity contribution is -0.128. The van der Waals surface area contributed by atoms with Crippen LogP contribution in [0.5, 0.6) is 11.5 Å². The number of methoxy groups -OCH3 is 1. The zero-order chi connectivity index (χ0) is 21.0. The van der Waals surface area contributed by atoms with Crippen molar-refractivity contribution in [2.45, 2.75) is 6.42 Å². The molecule has 2 aromatic rings. The maximum absolute atomic E-state index is 13.7. The third kappa shape index (κ3) is 4.61. The quantitative estimate of drug-likeness (QED) is 0.716. The Morgan fingerprint density at radius 1 is 1.14 bits per heavy atom. The number of carbonyl (C=O) groups excluding carboxylic acids is 2. The highest BCUT2D eigenvalue weighted by Crippen LogP contribution is 2.26. The second kappa shape index (κ2) is 8.85. The molecule has 1 aliphatic heterocycles. The van der Waals surface area contributed by atoms with E-state index in [1.165, 1.54) is 12.0 Å². The number of nitrogens with one attached hydrogen (secondary N) is 1. The summed E-state index contributed by atoms with van der Waals surface area (Å²) in [6.45, 7) is 0.559. The van der Waals surface area contributed by atoms with Crippen molar-refractivity contribution in [1.29, 1.82) is 0 Å². The Kier molecular flexibility index (Phi) is 6.26. The van der Waals surface area contributed by atoms with Crippen LogP contribution in [-0.2, 0) is 9.59 Å². The van der Waals surface area contributed by atoms with Gasteiger partial charge in [-0.25, -0.2) is 13.2 Å². The molecule has 0 aromatic heterocycles. The Hall–Kier alpha value is -3.23. The minimum Gasteiger partial charge on any atom is -0.493 e. The predicted octanol–water partition coefficient (Wildman–Crippen LogP) is 2.98. The van der Waals surface area contributed by atoms with Crippen molar-refractivity contribution in [3.63, 3.8) is 0 Å². The van der Waals surface area contributed by atoms with Gasteiger partial charge in [-0.2, -0.15) is 0 Å². The average molecular weight is 408 g/mol. The molecule has 1 saturated heterocycles. The summed E-state index contributed by atoms with van der Waals surface area (Å²) < 4.78 is 50.8. The topological polar surface area (TPSA) is 67.9 Å². The van der Waals surface area contributed by atoms with Crippen molar-refractivity contribution in [3.8, 4) is 11.5 Å². The highest BCUT2D eigenvalue weighted by molar-refractivity contribution is 5.97. The molecule has 9 heteroatoms. The fraction of sp³-hybridized carbons (Fsp3) is 0.300. The number of hydrogen-bond acceptors (Lipinski definition) is 4. The van der Waals surface area contributed by atoms with Gasteiger partial charge in [0.1, 0.15) is 6.61 Å². The molecule has 2 aromatic carbocycles. The molecule has 1 unspecified atom stereocenters. The highest BCUT2D eigenvalue weighted by Gasteiger charge is 2.34. The van der Waals surface area contributed by atoms with Gasteiger partial charge >= 0.3 is 0 Å². The van der Waals surface area contributed by atoms with E-state index in [0.717, 1.165) is 12.1 Å². The summed E-state index contributed by atoms with van der Waals surface area (Å²) in [5.41, 5.74) is -0.473. The van der Waals surface area contributed by atoms with Crippen LogP contribution in [0.15, 0.2) is 36.4 Å². The van der Waals surface area contributed by atoms with E-state index in [1.54, 1.807) is 24.3 Å². The van der Waals surface area contributed by atoms with Gasteiger partial charge in [-0.05, 0) is 24.3 Å². The smallest absolute Gasteiger partial charge is 0.229 e. The predicted molar refractivity (Wildman–Crippen MR) is 98.1 cm³/mol. The molecule has 0 spiro atoms. The van der Waals surface area contributed by atoms with Gasteiger partial charge in [-0.15, -0.1) is 0 Å². The van der Waals surface area contributed by atoms with Crippen molar-refractivity contribution in [1.82, 2.24) is 4.90 Å². The SMILES string of the molecule is COc1ccccc1OCCN1CC(C(=O)Nc2ccc(F)c(F)c2F)CC1=O. The lowest BCUT2D eigenvalue weighted by atomic mass is 10.1. The number of carbonyl (C=O) groups is 2. The van der Waals surface area contributed by atoms with Crippen molar-refractivity contribution < 1.29 is 32.2 Å². The molecule has 0 aliphatic carbocycles. The molecule has 3 rings (SSSR count). The van der Waals surface area contributed by atoms with Crippen molar-refractivity contribution in [2.24, 2.45) is 5.92 Å². The molecule has 1 heterocycles. The van der Waals surface area contributed by atoms with Gasteiger partial charge in [0, 0.05) is 13.0 Å². The molecule has 1 N–H and O–H groups in total. The van der Waals surface area contributed by atoms with Crippen LogP contribution in [0.25, 0.3) is 0 Å². The highest BCUT2D eigenvalue weighted by atomic mass is 19.2. The van der Waals surface area contributed by atoms with E-state index in [-0.39, 0.29) is 32.0 Å². The van der Waals surface area contributed by atoms with Crippen LogP contribution in [0.3, 0.4) is 0 Å². The minimum absolute atomic E-state index is 0.0637. The van der Waals surface area contributed by atoms with Crippen molar-refractivity contribution >= 4 is 17.5 Å². The Labute approximate surface area is 165 Å². The van der Waals surface area contributed by atoms with Crippen molar-refractivity contribution in [3.05, 3.63) is 53.8 Å². The first-order chi connectivity index (χ1) is 13.9. The summed E-state index contributed by atoms with van der Waals surface area (Å²) in [5.74, 6) is -5.03. The van der Waals surface area contributed by atoms with Gasteiger partial charge in [0.05, 0.1) is 25.3 Å². The Morgan fingerprint density at radius 3 is 2.59 bits per heavy atom. The second-order valence-electron chi connectivity index (χ2n) is 6.45. The van der Waals surface area contributed by atoms with Gasteiger partial charge in [-0.3, -0.25) is 9.59 Å². The van der Waals surface area contributed by atoms with Crippen LogP contribution in [-0.4, -0.2) is 43.5 Å². The molecule has 0 bridgehead atoms. The van der Waals surface area contributed by atoms with E-state index in [2.05, 4.69) is 5.32 Å². The van der Waals surface area contributed by atoms with Crippen LogP contribution < -0.4 is 14.8 Å². The molecular formula is C20H19F3N2O4. The standard InChI is InChI=1S/C20H19F3N2O4/c1-28-15-4-2-3-5-16(15)29-9-8-25-11-12(10-17(25)26)20(27)24-14-7-6-13(21)18(22)19(14)23/h2-7,12H,8-11H2,1H3,(H,24,27). The molecular weight excluding hydrogens is 389 g/mol. The average Bonchev–Trinajstić information content (AvgIpc) is 3.09. The number of nitrogens with zero attached hydrogens (tertiary/aromatic N) is 1. The molecule has 154 valence electrons.